The Morgan fingerprint density at radius 1 is 0.842 bits per heavy atom. The van der Waals surface area contributed by atoms with Gasteiger partial charge in [0.1, 0.15) is 12.2 Å². The van der Waals surface area contributed by atoms with Crippen molar-refractivity contribution in [2.24, 2.45) is 0 Å². The molecule has 0 aliphatic heterocycles. The molecule has 0 unspecified atom stereocenters. The van der Waals surface area contributed by atoms with Crippen molar-refractivity contribution in [2.45, 2.75) is 12.2 Å². The highest BCUT2D eigenvalue weighted by atomic mass is 16.4. The van der Waals surface area contributed by atoms with Crippen LogP contribution in [0.15, 0.2) is 54.6 Å². The van der Waals surface area contributed by atoms with Gasteiger partial charge in [0.25, 0.3) is 0 Å². The molecule has 0 aromatic heterocycles. The minimum absolute atomic E-state index is 0.0325. The fourth-order valence-electron chi connectivity index (χ4n) is 1.83. The quantitative estimate of drug-likeness (QED) is 0.849. The fourth-order valence-corrected chi connectivity index (χ4v) is 1.83. The highest BCUT2D eigenvalue weighted by Crippen LogP contribution is 2.28. The zero-order valence-electron chi connectivity index (χ0n) is 10.1. The Kier molecular flexibility index (Phi) is 3.94. The lowest BCUT2D eigenvalue weighted by Gasteiger charge is -2.19. The smallest absolute Gasteiger partial charge is 0.109 e. The summed E-state index contributed by atoms with van der Waals surface area (Å²) in [6.45, 7) is 0. The van der Waals surface area contributed by atoms with E-state index in [1.165, 1.54) is 24.3 Å². The lowest BCUT2D eigenvalue weighted by molar-refractivity contribution is -0.255. The Morgan fingerprint density at radius 3 is 1.79 bits per heavy atom. The Hall–Kier alpha value is -2.17. The molecule has 4 heteroatoms. The Labute approximate surface area is 110 Å². The molecule has 2 atom stereocenters. The van der Waals surface area contributed by atoms with Crippen molar-refractivity contribution in [3.63, 3.8) is 0 Å². The van der Waals surface area contributed by atoms with Gasteiger partial charge in [-0.2, -0.15) is 0 Å². The van der Waals surface area contributed by atoms with Crippen molar-refractivity contribution in [2.75, 3.05) is 0 Å². The number of aliphatic hydroxyl groups excluding tert-OH is 2. The summed E-state index contributed by atoms with van der Waals surface area (Å²) in [5.41, 5.74) is 1.07. The number of aliphatic hydroxyl groups is 2. The minimum Gasteiger partial charge on any atom is -0.545 e. The van der Waals surface area contributed by atoms with Crippen LogP contribution in [0.3, 0.4) is 0 Å². The summed E-state index contributed by atoms with van der Waals surface area (Å²) in [5, 5.41) is 30.7. The minimum atomic E-state index is -1.27. The Bertz CT molecular complexity index is 548. The second-order valence-electron chi connectivity index (χ2n) is 4.21. The Balaban J connectivity index is 2.19. The predicted molar refractivity (Wildman–Crippen MR) is 67.1 cm³/mol. The van der Waals surface area contributed by atoms with Gasteiger partial charge in [-0.3, -0.25) is 0 Å². The lowest BCUT2D eigenvalue weighted by Crippen LogP contribution is -2.22. The second kappa shape index (κ2) is 5.65. The van der Waals surface area contributed by atoms with E-state index >= 15 is 0 Å². The van der Waals surface area contributed by atoms with E-state index < -0.39 is 18.2 Å². The van der Waals surface area contributed by atoms with Gasteiger partial charge >= 0.3 is 0 Å². The number of aromatic carboxylic acids is 1. The van der Waals surface area contributed by atoms with Crippen LogP contribution in [0.2, 0.25) is 0 Å². The molecule has 0 radical (unpaired) electrons. The molecule has 19 heavy (non-hydrogen) atoms. The monoisotopic (exact) mass is 257 g/mol. The number of rotatable bonds is 4. The number of hydrogen-bond donors (Lipinski definition) is 2. The maximum atomic E-state index is 10.6. The number of carbonyl (C=O) groups is 1. The van der Waals surface area contributed by atoms with Crippen LogP contribution < -0.4 is 5.11 Å². The van der Waals surface area contributed by atoms with Crippen LogP contribution >= 0.6 is 0 Å². The summed E-state index contributed by atoms with van der Waals surface area (Å²) in [7, 11) is 0. The summed E-state index contributed by atoms with van der Waals surface area (Å²) in [4.78, 5) is 10.6. The zero-order chi connectivity index (χ0) is 13.8. The second-order valence-corrected chi connectivity index (χ2v) is 4.21. The highest BCUT2D eigenvalue weighted by Gasteiger charge is 2.19. The average molecular weight is 257 g/mol. The van der Waals surface area contributed by atoms with Crippen molar-refractivity contribution >= 4 is 5.97 Å². The van der Waals surface area contributed by atoms with Crippen molar-refractivity contribution in [1.29, 1.82) is 0 Å². The van der Waals surface area contributed by atoms with Gasteiger partial charge in [-0.05, 0) is 16.7 Å². The number of hydrogen-bond acceptors (Lipinski definition) is 4. The number of carbonyl (C=O) groups excluding carboxylic acids is 1. The average Bonchev–Trinajstić information content (AvgIpc) is 2.46. The summed E-state index contributed by atoms with van der Waals surface area (Å²) in [6.07, 6.45) is -2.17. The highest BCUT2D eigenvalue weighted by molar-refractivity contribution is 5.85. The maximum absolute atomic E-state index is 10.6. The van der Waals surface area contributed by atoms with E-state index in [2.05, 4.69) is 0 Å². The van der Waals surface area contributed by atoms with Crippen LogP contribution in [0, 0.1) is 0 Å². The molecule has 0 saturated heterocycles. The number of carboxylic acids is 1. The van der Waals surface area contributed by atoms with E-state index in [0.29, 0.717) is 11.1 Å². The van der Waals surface area contributed by atoms with Crippen LogP contribution in [-0.2, 0) is 0 Å². The fraction of sp³-hybridized carbons (Fsp3) is 0.133. The molecule has 98 valence electrons. The lowest BCUT2D eigenvalue weighted by atomic mass is 9.97. The molecule has 0 aliphatic rings. The van der Waals surface area contributed by atoms with Crippen LogP contribution in [0.25, 0.3) is 0 Å². The summed E-state index contributed by atoms with van der Waals surface area (Å²) in [6, 6.07) is 14.4. The number of carboxylic acid groups (broad SMARTS) is 1. The van der Waals surface area contributed by atoms with Gasteiger partial charge in [0.2, 0.25) is 0 Å². The first-order valence-corrected chi connectivity index (χ1v) is 5.82. The first kappa shape index (κ1) is 13.3. The maximum Gasteiger partial charge on any atom is 0.109 e. The first-order chi connectivity index (χ1) is 9.09. The molecule has 0 fully saturated rings. The summed E-state index contributed by atoms with van der Waals surface area (Å²) in [5.74, 6) is -1.27. The molecule has 0 aliphatic carbocycles. The normalized spacial score (nSPS) is 13.8. The van der Waals surface area contributed by atoms with Gasteiger partial charge in [0.15, 0.2) is 0 Å². The van der Waals surface area contributed by atoms with E-state index in [0.717, 1.165) is 0 Å². The van der Waals surface area contributed by atoms with Crippen molar-refractivity contribution in [3.8, 4) is 0 Å². The third kappa shape index (κ3) is 2.99. The molecule has 0 spiro atoms. The molecule has 0 saturated carbocycles. The van der Waals surface area contributed by atoms with E-state index in [4.69, 9.17) is 0 Å². The summed E-state index contributed by atoms with van der Waals surface area (Å²) >= 11 is 0. The van der Waals surface area contributed by atoms with Crippen molar-refractivity contribution in [1.82, 2.24) is 0 Å². The van der Waals surface area contributed by atoms with Gasteiger partial charge in [0, 0.05) is 0 Å². The van der Waals surface area contributed by atoms with Gasteiger partial charge in [-0.15, -0.1) is 0 Å². The van der Waals surface area contributed by atoms with E-state index in [-0.39, 0.29) is 5.56 Å². The molecule has 2 aromatic carbocycles. The third-order valence-corrected chi connectivity index (χ3v) is 2.93. The SMILES string of the molecule is O=C([O-])c1ccc([C@@H](O)[C@@H](O)c2ccccc2)cc1. The molecule has 0 bridgehead atoms. The van der Waals surface area contributed by atoms with Crippen molar-refractivity contribution in [3.05, 3.63) is 71.3 Å². The van der Waals surface area contributed by atoms with E-state index in [9.17, 15) is 20.1 Å². The largest absolute Gasteiger partial charge is 0.545 e. The van der Waals surface area contributed by atoms with Crippen molar-refractivity contribution < 1.29 is 20.1 Å². The molecule has 0 amide bonds. The van der Waals surface area contributed by atoms with Gasteiger partial charge in [-0.1, -0.05) is 54.6 Å². The Morgan fingerprint density at radius 2 is 1.32 bits per heavy atom. The third-order valence-electron chi connectivity index (χ3n) is 2.93. The molecular weight excluding hydrogens is 244 g/mol. The molecule has 0 heterocycles. The topological polar surface area (TPSA) is 80.6 Å². The van der Waals surface area contributed by atoms with Crippen LogP contribution in [0.4, 0.5) is 0 Å². The van der Waals surface area contributed by atoms with Gasteiger partial charge in [0.05, 0.1) is 5.97 Å². The van der Waals surface area contributed by atoms with Gasteiger partial charge in [-0.25, -0.2) is 0 Å². The van der Waals surface area contributed by atoms with Gasteiger partial charge < -0.3 is 20.1 Å². The van der Waals surface area contributed by atoms with Crippen LogP contribution in [0.1, 0.15) is 33.7 Å². The number of benzene rings is 2. The standard InChI is InChI=1S/C15H14O4/c16-13(10-4-2-1-3-5-10)14(17)11-6-8-12(9-7-11)15(18)19/h1-9,13-14,16-17H,(H,18,19)/p-1/t13-,14+/m0/s1. The molecule has 2 rings (SSSR count). The van der Waals surface area contributed by atoms with E-state index in [1.54, 1.807) is 24.3 Å². The van der Waals surface area contributed by atoms with Crippen LogP contribution in [-0.4, -0.2) is 16.2 Å². The molecule has 2 aromatic rings. The predicted octanol–water partition coefficient (Wildman–Crippen LogP) is 0.817. The molecule has 4 nitrogen and oxygen atoms in total. The van der Waals surface area contributed by atoms with Crippen LogP contribution in [0.5, 0.6) is 0 Å². The molecule has 2 N–H and O–H groups in total. The van der Waals surface area contributed by atoms with E-state index in [1.807, 2.05) is 6.07 Å². The summed E-state index contributed by atoms with van der Waals surface area (Å²) < 4.78 is 0. The first-order valence-electron chi connectivity index (χ1n) is 5.82. The zero-order valence-corrected chi connectivity index (χ0v) is 10.1. The molecular formula is C15H13O4-.